The Morgan fingerprint density at radius 3 is 1.87 bits per heavy atom. The first-order chi connectivity index (χ1) is 14.8. The van der Waals surface area contributed by atoms with E-state index < -0.39 is 7.14 Å². The van der Waals surface area contributed by atoms with Gasteiger partial charge >= 0.3 is 0 Å². The van der Waals surface area contributed by atoms with Crippen LogP contribution in [-0.4, -0.2) is 4.98 Å². The van der Waals surface area contributed by atoms with Crippen molar-refractivity contribution < 1.29 is 4.57 Å². The monoisotopic (exact) mass is 405 g/mol. The summed E-state index contributed by atoms with van der Waals surface area (Å²) in [6.07, 6.45) is 1.83. The van der Waals surface area contributed by atoms with Crippen molar-refractivity contribution >= 4 is 33.8 Å². The van der Waals surface area contributed by atoms with Crippen LogP contribution in [0, 0.1) is 0 Å². The highest BCUT2D eigenvalue weighted by molar-refractivity contribution is 7.85. The van der Waals surface area contributed by atoms with E-state index in [1.165, 1.54) is 0 Å². The zero-order valence-electron chi connectivity index (χ0n) is 16.3. The van der Waals surface area contributed by atoms with Crippen LogP contribution in [0.3, 0.4) is 0 Å². The molecule has 0 atom stereocenters. The Hall–Kier alpha value is -3.48. The first kappa shape index (κ1) is 18.5. The van der Waals surface area contributed by atoms with Crippen LogP contribution in [0.5, 0.6) is 0 Å². The summed E-state index contributed by atoms with van der Waals surface area (Å²) in [5, 5.41) is 4.71. The number of aromatic nitrogens is 1. The Kier molecular flexibility index (Phi) is 4.78. The van der Waals surface area contributed by atoms with Crippen LogP contribution in [0.1, 0.15) is 0 Å². The average molecular weight is 405 g/mol. The van der Waals surface area contributed by atoms with Gasteiger partial charge in [0.15, 0.2) is 7.14 Å². The van der Waals surface area contributed by atoms with Crippen molar-refractivity contribution in [1.82, 2.24) is 4.98 Å². The molecule has 1 heterocycles. The zero-order chi connectivity index (χ0) is 20.4. The summed E-state index contributed by atoms with van der Waals surface area (Å²) in [6, 6.07) is 37.8. The minimum absolute atomic E-state index is 0.812. The van der Waals surface area contributed by atoms with Crippen molar-refractivity contribution in [2.24, 2.45) is 0 Å². The van der Waals surface area contributed by atoms with Crippen LogP contribution in [0.2, 0.25) is 0 Å². The number of nitrogens with zero attached hydrogens (tertiary/aromatic N) is 1. The van der Waals surface area contributed by atoms with Crippen LogP contribution >= 0.6 is 7.14 Å². The van der Waals surface area contributed by atoms with E-state index in [9.17, 15) is 4.57 Å². The lowest BCUT2D eigenvalue weighted by atomic mass is 10.0. The normalized spacial score (nSPS) is 11.5. The smallest absolute Gasteiger partial charge is 0.171 e. The maximum atomic E-state index is 14.6. The van der Waals surface area contributed by atoms with Gasteiger partial charge in [-0.25, -0.2) is 0 Å². The lowest BCUT2D eigenvalue weighted by molar-refractivity contribution is 0.592. The van der Waals surface area contributed by atoms with Crippen molar-refractivity contribution in [2.75, 3.05) is 0 Å². The second-order valence-corrected chi connectivity index (χ2v) is 9.98. The van der Waals surface area contributed by atoms with E-state index in [1.54, 1.807) is 0 Å². The molecule has 0 aliphatic carbocycles. The summed E-state index contributed by atoms with van der Waals surface area (Å²) in [7, 11) is -3.01. The molecular formula is C27H20NOP. The maximum Gasteiger partial charge on any atom is 0.171 e. The second kappa shape index (κ2) is 7.74. The molecule has 5 rings (SSSR count). The van der Waals surface area contributed by atoms with Gasteiger partial charge in [-0.05, 0) is 17.5 Å². The SMILES string of the molecule is O=P(c1ccccc1)(c1ccccc1)c1cccc(-c2nccc3ccccc23)c1. The molecule has 0 N–H and O–H groups in total. The fraction of sp³-hybridized carbons (Fsp3) is 0. The quantitative estimate of drug-likeness (QED) is 0.368. The van der Waals surface area contributed by atoms with Gasteiger partial charge in [-0.3, -0.25) is 4.98 Å². The van der Waals surface area contributed by atoms with Crippen molar-refractivity contribution in [2.45, 2.75) is 0 Å². The molecule has 144 valence electrons. The third-order valence-corrected chi connectivity index (χ3v) is 8.45. The standard InChI is InChI=1S/C27H20NOP/c29-30(23-12-3-1-4-13-23,24-14-5-2-6-15-24)25-16-9-11-22(20-25)27-26-17-8-7-10-21(26)18-19-28-27/h1-20H. The number of hydrogen-bond acceptors (Lipinski definition) is 2. The van der Waals surface area contributed by atoms with Gasteiger partial charge in [-0.2, -0.15) is 0 Å². The van der Waals surface area contributed by atoms with Crippen LogP contribution in [0.25, 0.3) is 22.0 Å². The molecule has 1 aromatic heterocycles. The number of rotatable bonds is 4. The predicted octanol–water partition coefficient (Wildman–Crippen LogP) is 5.54. The van der Waals surface area contributed by atoms with Gasteiger partial charge in [-0.15, -0.1) is 0 Å². The molecule has 0 amide bonds. The summed E-state index contributed by atoms with van der Waals surface area (Å²) in [5.74, 6) is 0. The molecule has 0 saturated heterocycles. The van der Waals surface area contributed by atoms with E-state index in [-0.39, 0.29) is 0 Å². The lowest BCUT2D eigenvalue weighted by Crippen LogP contribution is -2.25. The van der Waals surface area contributed by atoms with E-state index in [2.05, 4.69) is 17.1 Å². The van der Waals surface area contributed by atoms with Gasteiger partial charge in [0.05, 0.1) is 5.69 Å². The molecule has 0 spiro atoms. The van der Waals surface area contributed by atoms with Gasteiger partial charge in [0.25, 0.3) is 0 Å². The molecule has 5 aromatic rings. The molecule has 3 heteroatoms. The van der Waals surface area contributed by atoms with Crippen LogP contribution in [0.15, 0.2) is 121 Å². The molecule has 0 bridgehead atoms. The third-order valence-electron chi connectivity index (χ3n) is 5.40. The molecular weight excluding hydrogens is 385 g/mol. The van der Waals surface area contributed by atoms with Gasteiger partial charge in [0, 0.05) is 33.1 Å². The van der Waals surface area contributed by atoms with E-state index in [4.69, 9.17) is 0 Å². The Labute approximate surface area is 176 Å². The number of benzene rings is 4. The largest absolute Gasteiger partial charge is 0.309 e. The van der Waals surface area contributed by atoms with Gasteiger partial charge in [0.1, 0.15) is 0 Å². The molecule has 0 radical (unpaired) electrons. The molecule has 0 fully saturated rings. The molecule has 0 saturated carbocycles. The van der Waals surface area contributed by atoms with Crippen molar-refractivity contribution in [3.8, 4) is 11.3 Å². The fourth-order valence-electron chi connectivity index (χ4n) is 3.92. The third kappa shape index (κ3) is 3.16. The number of fused-ring (bicyclic) bond motifs is 1. The van der Waals surface area contributed by atoms with Crippen molar-refractivity contribution in [1.29, 1.82) is 0 Å². The molecule has 0 aliphatic rings. The summed E-state index contributed by atoms with van der Waals surface area (Å²) in [4.78, 5) is 4.66. The minimum atomic E-state index is -3.01. The van der Waals surface area contributed by atoms with E-state index in [0.717, 1.165) is 37.9 Å². The lowest BCUT2D eigenvalue weighted by Gasteiger charge is -2.20. The summed E-state index contributed by atoms with van der Waals surface area (Å²) in [5.41, 5.74) is 1.87. The van der Waals surface area contributed by atoms with E-state index in [0.29, 0.717) is 0 Å². The predicted molar refractivity (Wildman–Crippen MR) is 127 cm³/mol. The second-order valence-electron chi connectivity index (χ2n) is 7.21. The molecule has 2 nitrogen and oxygen atoms in total. The maximum absolute atomic E-state index is 14.6. The van der Waals surface area contributed by atoms with Gasteiger partial charge in [0.2, 0.25) is 0 Å². The topological polar surface area (TPSA) is 30.0 Å². The van der Waals surface area contributed by atoms with Crippen LogP contribution < -0.4 is 15.9 Å². The highest BCUT2D eigenvalue weighted by Gasteiger charge is 2.29. The Bertz CT molecular complexity index is 1310. The van der Waals surface area contributed by atoms with Crippen LogP contribution in [-0.2, 0) is 4.57 Å². The highest BCUT2D eigenvalue weighted by Crippen LogP contribution is 2.43. The minimum Gasteiger partial charge on any atom is -0.309 e. The van der Waals surface area contributed by atoms with E-state index >= 15 is 0 Å². The highest BCUT2D eigenvalue weighted by atomic mass is 31.2. The molecule has 0 aliphatic heterocycles. The zero-order valence-corrected chi connectivity index (χ0v) is 17.2. The van der Waals surface area contributed by atoms with Crippen molar-refractivity contribution in [3.63, 3.8) is 0 Å². The number of hydrogen-bond donors (Lipinski definition) is 0. The Morgan fingerprint density at radius 2 is 1.17 bits per heavy atom. The first-order valence-electron chi connectivity index (χ1n) is 9.93. The Balaban J connectivity index is 1.74. The Morgan fingerprint density at radius 1 is 0.567 bits per heavy atom. The summed E-state index contributed by atoms with van der Waals surface area (Å²) >= 11 is 0. The summed E-state index contributed by atoms with van der Waals surface area (Å²) in [6.45, 7) is 0. The van der Waals surface area contributed by atoms with Gasteiger partial charge < -0.3 is 4.57 Å². The summed E-state index contributed by atoms with van der Waals surface area (Å²) < 4.78 is 14.6. The van der Waals surface area contributed by atoms with Gasteiger partial charge in [-0.1, -0.05) is 103 Å². The fourth-order valence-corrected chi connectivity index (χ4v) is 6.62. The van der Waals surface area contributed by atoms with E-state index in [1.807, 2.05) is 109 Å². The first-order valence-corrected chi connectivity index (χ1v) is 11.6. The average Bonchev–Trinajstić information content (AvgIpc) is 2.84. The molecule has 0 unspecified atom stereocenters. The molecule has 4 aromatic carbocycles. The number of pyridine rings is 1. The molecule has 30 heavy (non-hydrogen) atoms. The van der Waals surface area contributed by atoms with Crippen molar-refractivity contribution in [3.05, 3.63) is 121 Å². The van der Waals surface area contributed by atoms with Crippen LogP contribution in [0.4, 0.5) is 0 Å².